The van der Waals surface area contributed by atoms with E-state index in [4.69, 9.17) is 4.74 Å². The van der Waals surface area contributed by atoms with Gasteiger partial charge in [0.1, 0.15) is 5.82 Å². The Morgan fingerprint density at radius 2 is 1.81 bits per heavy atom. The van der Waals surface area contributed by atoms with Gasteiger partial charge in [0.15, 0.2) is 0 Å². The zero-order chi connectivity index (χ0) is 23.9. The van der Waals surface area contributed by atoms with Crippen molar-refractivity contribution in [3.63, 3.8) is 0 Å². The Hall–Kier alpha value is -3.13. The summed E-state index contributed by atoms with van der Waals surface area (Å²) in [6.07, 6.45) is 0. The van der Waals surface area contributed by atoms with E-state index in [1.54, 1.807) is 24.1 Å². The Morgan fingerprint density at radius 3 is 2.41 bits per heavy atom. The minimum Gasteiger partial charge on any atom is -0.383 e. The fraction of sp³-hybridized carbons (Fsp3) is 0.417. The highest BCUT2D eigenvalue weighted by atomic mass is 19.1. The van der Waals surface area contributed by atoms with Crippen LogP contribution in [0.1, 0.15) is 36.7 Å². The quantitative estimate of drug-likeness (QED) is 0.643. The molecule has 0 aliphatic heterocycles. The molecule has 0 heterocycles. The SMILES string of the molecule is COCCN(Cc1cc(NC(=O)c2cccc(F)c2)ccc1N(C)C)C(=O)NC(C)(C)C. The lowest BCUT2D eigenvalue weighted by Gasteiger charge is -2.30. The fourth-order valence-corrected chi connectivity index (χ4v) is 3.12. The number of ether oxygens (including phenoxy) is 1. The zero-order valence-corrected chi connectivity index (χ0v) is 19.7. The lowest BCUT2D eigenvalue weighted by molar-refractivity contribution is 0.102. The minimum atomic E-state index is -0.472. The molecule has 0 saturated heterocycles. The van der Waals surface area contributed by atoms with Crippen molar-refractivity contribution in [2.24, 2.45) is 0 Å². The van der Waals surface area contributed by atoms with Crippen molar-refractivity contribution >= 4 is 23.3 Å². The number of nitrogens with zero attached hydrogens (tertiary/aromatic N) is 2. The number of carbonyl (C=O) groups excluding carboxylic acids is 2. The lowest BCUT2D eigenvalue weighted by atomic mass is 10.1. The molecule has 8 heteroatoms. The van der Waals surface area contributed by atoms with E-state index < -0.39 is 11.7 Å². The number of anilines is 2. The number of nitrogens with one attached hydrogen (secondary N) is 2. The minimum absolute atomic E-state index is 0.201. The molecule has 2 aromatic carbocycles. The van der Waals surface area contributed by atoms with Crippen molar-refractivity contribution in [2.45, 2.75) is 32.9 Å². The van der Waals surface area contributed by atoms with E-state index >= 15 is 0 Å². The maximum absolute atomic E-state index is 13.5. The summed E-state index contributed by atoms with van der Waals surface area (Å²) in [6.45, 7) is 6.89. The van der Waals surface area contributed by atoms with Gasteiger partial charge >= 0.3 is 6.03 Å². The number of hydrogen-bond acceptors (Lipinski definition) is 4. The summed E-state index contributed by atoms with van der Waals surface area (Å²) in [5.74, 6) is -0.880. The van der Waals surface area contributed by atoms with Crippen LogP contribution in [0.2, 0.25) is 0 Å². The van der Waals surface area contributed by atoms with E-state index in [9.17, 15) is 14.0 Å². The molecule has 32 heavy (non-hydrogen) atoms. The molecule has 2 N–H and O–H groups in total. The van der Waals surface area contributed by atoms with E-state index in [0.717, 1.165) is 11.3 Å². The van der Waals surface area contributed by atoms with Crippen LogP contribution in [0.15, 0.2) is 42.5 Å². The Kier molecular flexibility index (Phi) is 8.60. The molecule has 0 aromatic heterocycles. The molecule has 2 aromatic rings. The molecule has 3 amide bonds. The van der Waals surface area contributed by atoms with Crippen LogP contribution in [0.25, 0.3) is 0 Å². The summed E-state index contributed by atoms with van der Waals surface area (Å²) in [7, 11) is 5.42. The maximum atomic E-state index is 13.5. The molecule has 0 aliphatic rings. The Balaban J connectivity index is 2.30. The third-order valence-electron chi connectivity index (χ3n) is 4.60. The van der Waals surface area contributed by atoms with E-state index in [-0.39, 0.29) is 17.1 Å². The molecule has 0 aliphatic carbocycles. The molecule has 0 radical (unpaired) electrons. The van der Waals surface area contributed by atoms with Crippen LogP contribution >= 0.6 is 0 Å². The van der Waals surface area contributed by atoms with Crippen LogP contribution < -0.4 is 15.5 Å². The first-order valence-corrected chi connectivity index (χ1v) is 10.4. The molecule has 0 fully saturated rings. The first-order chi connectivity index (χ1) is 15.0. The van der Waals surface area contributed by atoms with E-state index in [2.05, 4.69) is 10.6 Å². The summed E-state index contributed by atoms with van der Waals surface area (Å²) >= 11 is 0. The molecule has 0 unspecified atom stereocenters. The van der Waals surface area contributed by atoms with Gasteiger partial charge in [-0.05, 0) is 62.7 Å². The topological polar surface area (TPSA) is 73.9 Å². The second-order valence-electron chi connectivity index (χ2n) is 8.80. The largest absolute Gasteiger partial charge is 0.383 e. The van der Waals surface area contributed by atoms with E-state index in [1.807, 2.05) is 51.9 Å². The van der Waals surface area contributed by atoms with Crippen molar-refractivity contribution in [1.82, 2.24) is 10.2 Å². The molecule has 0 atom stereocenters. The normalized spacial score (nSPS) is 11.1. The summed E-state index contributed by atoms with van der Waals surface area (Å²) in [4.78, 5) is 29.0. The number of halogens is 1. The number of hydrogen-bond donors (Lipinski definition) is 2. The summed E-state index contributed by atoms with van der Waals surface area (Å²) in [5.41, 5.74) is 2.18. The van der Waals surface area contributed by atoms with E-state index in [0.29, 0.717) is 25.4 Å². The molecular formula is C24H33FN4O3. The Bertz CT molecular complexity index is 941. The lowest BCUT2D eigenvalue weighted by Crippen LogP contribution is -2.49. The van der Waals surface area contributed by atoms with Crippen LogP contribution in [-0.2, 0) is 11.3 Å². The van der Waals surface area contributed by atoms with Gasteiger partial charge in [-0.25, -0.2) is 9.18 Å². The molecule has 0 bridgehead atoms. The maximum Gasteiger partial charge on any atom is 0.318 e. The smallest absolute Gasteiger partial charge is 0.318 e. The summed E-state index contributed by atoms with van der Waals surface area (Å²) in [6, 6.07) is 10.8. The number of methoxy groups -OCH3 is 1. The molecule has 0 spiro atoms. The molecule has 0 saturated carbocycles. The van der Waals surface area contributed by atoms with Crippen LogP contribution in [0.3, 0.4) is 0 Å². The van der Waals surface area contributed by atoms with E-state index in [1.165, 1.54) is 18.2 Å². The van der Waals surface area contributed by atoms with Crippen molar-refractivity contribution in [2.75, 3.05) is 44.6 Å². The van der Waals surface area contributed by atoms with Crippen LogP contribution in [0.4, 0.5) is 20.6 Å². The van der Waals surface area contributed by atoms with Crippen molar-refractivity contribution < 1.29 is 18.7 Å². The predicted octanol–water partition coefficient (Wildman–Crippen LogP) is 4.10. The number of benzene rings is 2. The van der Waals surface area contributed by atoms with Crippen LogP contribution in [0, 0.1) is 5.82 Å². The average Bonchev–Trinajstić information content (AvgIpc) is 2.69. The van der Waals surface area contributed by atoms with Gasteiger partial charge in [0, 0.05) is 56.8 Å². The van der Waals surface area contributed by atoms with Gasteiger partial charge in [0.2, 0.25) is 0 Å². The second-order valence-corrected chi connectivity index (χ2v) is 8.80. The number of rotatable bonds is 8. The number of urea groups is 1. The first kappa shape index (κ1) is 25.1. The van der Waals surface area contributed by atoms with Crippen molar-refractivity contribution in [3.8, 4) is 0 Å². The standard InChI is InChI=1S/C24H33FN4O3/c1-24(2,3)27-23(31)29(12-13-32-6)16-18-15-20(10-11-21(18)28(4)5)26-22(30)17-8-7-9-19(25)14-17/h7-11,14-15H,12-13,16H2,1-6H3,(H,26,30)(H,27,31). The fourth-order valence-electron chi connectivity index (χ4n) is 3.12. The molecule has 7 nitrogen and oxygen atoms in total. The Labute approximate surface area is 189 Å². The highest BCUT2D eigenvalue weighted by Crippen LogP contribution is 2.25. The number of carbonyl (C=O) groups is 2. The van der Waals surface area contributed by atoms with Gasteiger partial charge in [0.25, 0.3) is 5.91 Å². The highest BCUT2D eigenvalue weighted by Gasteiger charge is 2.21. The van der Waals surface area contributed by atoms with Gasteiger partial charge in [-0.15, -0.1) is 0 Å². The zero-order valence-electron chi connectivity index (χ0n) is 19.7. The molecular weight excluding hydrogens is 411 g/mol. The molecule has 174 valence electrons. The summed E-state index contributed by atoms with van der Waals surface area (Å²) in [5, 5.41) is 5.79. The van der Waals surface area contributed by atoms with Gasteiger partial charge in [0.05, 0.1) is 6.61 Å². The highest BCUT2D eigenvalue weighted by molar-refractivity contribution is 6.04. The van der Waals surface area contributed by atoms with Gasteiger partial charge in [-0.1, -0.05) is 6.07 Å². The van der Waals surface area contributed by atoms with Crippen LogP contribution in [0.5, 0.6) is 0 Å². The summed E-state index contributed by atoms with van der Waals surface area (Å²) < 4.78 is 18.7. The monoisotopic (exact) mass is 444 g/mol. The van der Waals surface area contributed by atoms with Gasteiger partial charge < -0.3 is 25.2 Å². The first-order valence-electron chi connectivity index (χ1n) is 10.4. The van der Waals surface area contributed by atoms with Crippen molar-refractivity contribution in [3.05, 3.63) is 59.4 Å². The van der Waals surface area contributed by atoms with Gasteiger partial charge in [-0.2, -0.15) is 0 Å². The third kappa shape index (κ3) is 7.53. The van der Waals surface area contributed by atoms with Crippen molar-refractivity contribution in [1.29, 1.82) is 0 Å². The van der Waals surface area contributed by atoms with Crippen LogP contribution in [-0.4, -0.2) is 56.7 Å². The second kappa shape index (κ2) is 10.9. The average molecular weight is 445 g/mol. The third-order valence-corrected chi connectivity index (χ3v) is 4.60. The van der Waals surface area contributed by atoms with Gasteiger partial charge in [-0.3, -0.25) is 4.79 Å². The molecule has 2 rings (SSSR count). The predicted molar refractivity (Wildman–Crippen MR) is 126 cm³/mol. The number of amides is 3. The Morgan fingerprint density at radius 1 is 1.09 bits per heavy atom.